The first-order valence-electron chi connectivity index (χ1n) is 8.29. The van der Waals surface area contributed by atoms with Crippen LogP contribution in [0.25, 0.3) is 0 Å². The molecule has 0 fully saturated rings. The Balaban J connectivity index is 2.23. The van der Waals surface area contributed by atoms with Gasteiger partial charge in [0.25, 0.3) is 10.0 Å². The molecule has 0 spiro atoms. The van der Waals surface area contributed by atoms with E-state index in [0.717, 1.165) is 26.5 Å². The number of benzene rings is 3. The van der Waals surface area contributed by atoms with E-state index >= 15 is 0 Å². The van der Waals surface area contributed by atoms with Gasteiger partial charge in [-0.1, -0.05) is 54.1 Å². The zero-order chi connectivity index (χ0) is 18.7. The summed E-state index contributed by atoms with van der Waals surface area (Å²) < 4.78 is 30.7. The summed E-state index contributed by atoms with van der Waals surface area (Å²) in [6.07, 6.45) is 0. The van der Waals surface area contributed by atoms with Gasteiger partial charge in [0.1, 0.15) is 0 Å². The second-order valence-electron chi connectivity index (χ2n) is 6.19. The van der Waals surface area contributed by atoms with Crippen molar-refractivity contribution in [2.24, 2.45) is 3.77 Å². The highest BCUT2D eigenvalue weighted by atomic mass is 32.3. The zero-order valence-electron chi connectivity index (χ0n) is 15.0. The third-order valence-corrected chi connectivity index (χ3v) is 7.95. The highest BCUT2D eigenvalue weighted by molar-refractivity contribution is 8.00. The van der Waals surface area contributed by atoms with Gasteiger partial charge in [-0.3, -0.25) is 0 Å². The fourth-order valence-corrected chi connectivity index (χ4v) is 6.84. The van der Waals surface area contributed by atoms with Gasteiger partial charge in [-0.25, -0.2) is 0 Å². The minimum absolute atomic E-state index is 0.312. The van der Waals surface area contributed by atoms with E-state index in [1.165, 1.54) is 0 Å². The molecular weight excluding hydrogens is 362 g/mol. The lowest BCUT2D eigenvalue weighted by Crippen LogP contribution is -2.06. The Morgan fingerprint density at radius 3 is 1.58 bits per heavy atom. The average Bonchev–Trinajstić information content (AvgIpc) is 2.60. The van der Waals surface area contributed by atoms with E-state index in [-0.39, 0.29) is 0 Å². The molecule has 0 bridgehead atoms. The van der Waals surface area contributed by atoms with Crippen LogP contribution in [0.5, 0.6) is 0 Å². The predicted molar refractivity (Wildman–Crippen MR) is 107 cm³/mol. The number of aryl methyl sites for hydroxylation is 3. The van der Waals surface area contributed by atoms with Crippen LogP contribution in [0.4, 0.5) is 0 Å². The summed E-state index contributed by atoms with van der Waals surface area (Å²) in [5.41, 5.74) is 2.51. The molecule has 3 aromatic carbocycles. The molecule has 5 heteroatoms. The van der Waals surface area contributed by atoms with Crippen LogP contribution >= 0.6 is 0 Å². The molecule has 3 rings (SSSR count). The molecule has 0 N–H and O–H groups in total. The van der Waals surface area contributed by atoms with Crippen molar-refractivity contribution in [3.05, 3.63) is 89.5 Å². The normalized spacial score (nSPS) is 11.5. The molecule has 0 saturated carbocycles. The molecule has 0 aliphatic carbocycles. The fraction of sp³-hybridized carbons (Fsp3) is 0.143. The van der Waals surface area contributed by atoms with Crippen molar-refractivity contribution in [3.8, 4) is 0 Å². The molecule has 0 unspecified atom stereocenters. The molecule has 0 aliphatic heterocycles. The van der Waals surface area contributed by atoms with Crippen LogP contribution in [0, 0.1) is 20.8 Å². The predicted octanol–water partition coefficient (Wildman–Crippen LogP) is 5.22. The smallest absolute Gasteiger partial charge is 0.199 e. The lowest BCUT2D eigenvalue weighted by molar-refractivity contribution is 0.597. The summed E-state index contributed by atoms with van der Waals surface area (Å²) in [7, 11) is -4.70. The highest BCUT2D eigenvalue weighted by Crippen LogP contribution is 2.27. The van der Waals surface area contributed by atoms with Crippen LogP contribution < -0.4 is 0 Å². The van der Waals surface area contributed by atoms with Gasteiger partial charge in [0, 0.05) is 9.79 Å². The van der Waals surface area contributed by atoms with Gasteiger partial charge in [0.15, 0.2) is 0 Å². The van der Waals surface area contributed by atoms with E-state index in [0.29, 0.717) is 4.90 Å². The van der Waals surface area contributed by atoms with Crippen LogP contribution in [-0.2, 0) is 20.7 Å². The summed E-state index contributed by atoms with van der Waals surface area (Å²) in [5.74, 6) is 0. The van der Waals surface area contributed by atoms with Gasteiger partial charge in [-0.05, 0) is 66.9 Å². The molecular formula is C21H21NO2S2. The maximum atomic E-state index is 13.2. The van der Waals surface area contributed by atoms with E-state index in [9.17, 15) is 8.42 Å². The monoisotopic (exact) mass is 383 g/mol. The summed E-state index contributed by atoms with van der Waals surface area (Å²) >= 11 is 0. The molecule has 0 radical (unpaired) electrons. The van der Waals surface area contributed by atoms with Gasteiger partial charge in [0.2, 0.25) is 0 Å². The van der Waals surface area contributed by atoms with Crippen molar-refractivity contribution in [1.29, 1.82) is 0 Å². The van der Waals surface area contributed by atoms with Crippen LogP contribution in [0.15, 0.2) is 91.3 Å². The molecule has 0 saturated heterocycles. The summed E-state index contributed by atoms with van der Waals surface area (Å²) in [6.45, 7) is 5.61. The van der Waals surface area contributed by atoms with Crippen molar-refractivity contribution in [2.75, 3.05) is 0 Å². The zero-order valence-corrected chi connectivity index (χ0v) is 16.6. The third-order valence-electron chi connectivity index (χ3n) is 3.97. The van der Waals surface area contributed by atoms with Gasteiger partial charge in [-0.15, -0.1) is 3.77 Å². The number of hydrogen-bond donors (Lipinski definition) is 0. The standard InChI is InChI=1S/C21H21NO2S2/c1-16-14-17(2)21(18(3)15-16)26(23,24)22-25(19-10-6-4-7-11-19)20-12-8-5-9-13-20/h4-15H,1-3H3. The van der Waals surface area contributed by atoms with Gasteiger partial charge < -0.3 is 0 Å². The van der Waals surface area contributed by atoms with Gasteiger partial charge >= 0.3 is 0 Å². The Labute approximate surface area is 157 Å². The maximum absolute atomic E-state index is 13.2. The third kappa shape index (κ3) is 3.94. The Morgan fingerprint density at radius 2 is 1.15 bits per heavy atom. The molecule has 0 aliphatic rings. The second kappa shape index (κ2) is 7.56. The van der Waals surface area contributed by atoms with E-state index in [2.05, 4.69) is 3.77 Å². The van der Waals surface area contributed by atoms with Gasteiger partial charge in [-0.2, -0.15) is 8.42 Å². The summed E-state index contributed by atoms with van der Waals surface area (Å²) in [5, 5.41) is 0. The molecule has 134 valence electrons. The highest BCUT2D eigenvalue weighted by Gasteiger charge is 2.21. The topological polar surface area (TPSA) is 46.5 Å². The first-order chi connectivity index (χ1) is 12.4. The Kier molecular flexibility index (Phi) is 5.39. The summed E-state index contributed by atoms with van der Waals surface area (Å²) in [4.78, 5) is 2.07. The van der Waals surface area contributed by atoms with E-state index in [4.69, 9.17) is 0 Å². The molecule has 0 aromatic heterocycles. The summed E-state index contributed by atoms with van der Waals surface area (Å²) in [6, 6.07) is 22.9. The van der Waals surface area contributed by atoms with Crippen LogP contribution in [-0.4, -0.2) is 8.42 Å². The van der Waals surface area contributed by atoms with Crippen LogP contribution in [0.2, 0.25) is 0 Å². The fourth-order valence-electron chi connectivity index (χ4n) is 3.03. The quantitative estimate of drug-likeness (QED) is 0.620. The molecule has 3 nitrogen and oxygen atoms in total. The number of nitrogens with zero attached hydrogens (tertiary/aromatic N) is 1. The largest absolute Gasteiger partial charge is 0.289 e. The Hall–Kier alpha value is -2.24. The lowest BCUT2D eigenvalue weighted by Gasteiger charge is -2.12. The number of hydrogen-bond acceptors (Lipinski definition) is 2. The SMILES string of the molecule is Cc1cc(C)c(S(=O)(=O)N=S(c2ccccc2)c2ccccc2)c(C)c1. The molecule has 0 amide bonds. The molecule has 0 heterocycles. The van der Waals surface area contributed by atoms with Crippen molar-refractivity contribution >= 4 is 20.7 Å². The van der Waals surface area contributed by atoms with E-state index in [1.807, 2.05) is 93.6 Å². The Bertz CT molecular complexity index is 993. The van der Waals surface area contributed by atoms with Crippen LogP contribution in [0.1, 0.15) is 16.7 Å². The van der Waals surface area contributed by atoms with Crippen molar-refractivity contribution in [3.63, 3.8) is 0 Å². The first-order valence-corrected chi connectivity index (χ1v) is 10.9. The molecule has 0 atom stereocenters. The van der Waals surface area contributed by atoms with Crippen molar-refractivity contribution in [2.45, 2.75) is 35.5 Å². The number of sulfonamides is 1. The second-order valence-corrected chi connectivity index (χ2v) is 9.65. The number of rotatable bonds is 4. The van der Waals surface area contributed by atoms with Crippen LogP contribution in [0.3, 0.4) is 0 Å². The molecule has 3 aromatic rings. The van der Waals surface area contributed by atoms with E-state index in [1.54, 1.807) is 0 Å². The minimum atomic E-state index is -3.80. The first kappa shape index (κ1) is 18.5. The average molecular weight is 384 g/mol. The Morgan fingerprint density at radius 1 is 0.731 bits per heavy atom. The minimum Gasteiger partial charge on any atom is -0.199 e. The van der Waals surface area contributed by atoms with Crippen molar-refractivity contribution < 1.29 is 8.42 Å². The van der Waals surface area contributed by atoms with Gasteiger partial charge in [0.05, 0.1) is 4.90 Å². The molecule has 26 heavy (non-hydrogen) atoms. The van der Waals surface area contributed by atoms with E-state index < -0.39 is 20.7 Å². The van der Waals surface area contributed by atoms with Crippen molar-refractivity contribution in [1.82, 2.24) is 0 Å². The maximum Gasteiger partial charge on any atom is 0.289 e. The lowest BCUT2D eigenvalue weighted by atomic mass is 10.1.